The number of carbonyl (C=O) groups excluding carboxylic acids is 1. The second-order valence-corrected chi connectivity index (χ2v) is 3.59. The summed E-state index contributed by atoms with van der Waals surface area (Å²) < 4.78 is 0. The van der Waals surface area contributed by atoms with E-state index in [1.54, 1.807) is 23.1 Å². The summed E-state index contributed by atoms with van der Waals surface area (Å²) >= 11 is 4.19. The van der Waals surface area contributed by atoms with Gasteiger partial charge in [-0.05, 0) is 25.1 Å². The molecule has 0 aliphatic carbocycles. The molecule has 0 atom stereocenters. The minimum Gasteiger partial charge on any atom is -0.328 e. The number of thiol groups is 1. The van der Waals surface area contributed by atoms with Gasteiger partial charge >= 0.3 is 0 Å². The van der Waals surface area contributed by atoms with Crippen LogP contribution in [-0.2, 0) is 0 Å². The summed E-state index contributed by atoms with van der Waals surface area (Å²) in [6, 6.07) is 7.14. The van der Waals surface area contributed by atoms with Gasteiger partial charge in [-0.1, -0.05) is 12.0 Å². The third-order valence-electron chi connectivity index (χ3n) is 2.04. The predicted octanol–water partition coefficient (Wildman–Crippen LogP) is 2.07. The van der Waals surface area contributed by atoms with E-state index < -0.39 is 0 Å². The Morgan fingerprint density at radius 1 is 1.60 bits per heavy atom. The molecule has 1 aromatic carbocycles. The fraction of sp³-hybridized carbons (Fsp3) is 0.250. The van der Waals surface area contributed by atoms with Crippen LogP contribution in [-0.4, -0.2) is 23.9 Å². The first-order valence-corrected chi connectivity index (χ1v) is 5.15. The van der Waals surface area contributed by atoms with E-state index in [0.717, 1.165) is 4.90 Å². The summed E-state index contributed by atoms with van der Waals surface area (Å²) in [6.45, 7) is 2.85. The number of hydrogen-bond donors (Lipinski definition) is 1. The quantitative estimate of drug-likeness (QED) is 0.609. The van der Waals surface area contributed by atoms with Crippen LogP contribution in [0.25, 0.3) is 0 Å². The standard InChI is InChI=1S/C12H13NOS/c1-3-8-13(4-2)12(14)10-6-5-7-11(15)9-10/h1,5-7,9,15H,4,8H2,2H3. The zero-order valence-electron chi connectivity index (χ0n) is 8.60. The van der Waals surface area contributed by atoms with E-state index in [0.29, 0.717) is 18.7 Å². The van der Waals surface area contributed by atoms with Crippen molar-refractivity contribution in [2.24, 2.45) is 0 Å². The van der Waals surface area contributed by atoms with Crippen LogP contribution in [0.3, 0.4) is 0 Å². The van der Waals surface area contributed by atoms with Crippen molar-refractivity contribution in [2.45, 2.75) is 11.8 Å². The third kappa shape index (κ3) is 3.03. The maximum absolute atomic E-state index is 11.9. The molecule has 1 aromatic rings. The predicted molar refractivity (Wildman–Crippen MR) is 64.1 cm³/mol. The minimum atomic E-state index is -0.0497. The first kappa shape index (κ1) is 11.7. The van der Waals surface area contributed by atoms with Crippen molar-refractivity contribution in [2.75, 3.05) is 13.1 Å². The number of carbonyl (C=O) groups is 1. The summed E-state index contributed by atoms with van der Waals surface area (Å²) in [5.41, 5.74) is 0.625. The molecule has 15 heavy (non-hydrogen) atoms. The van der Waals surface area contributed by atoms with Crippen molar-refractivity contribution in [3.05, 3.63) is 29.8 Å². The van der Waals surface area contributed by atoms with Crippen molar-refractivity contribution in [3.63, 3.8) is 0 Å². The highest BCUT2D eigenvalue weighted by Crippen LogP contribution is 2.11. The second kappa shape index (κ2) is 5.47. The molecule has 0 saturated carbocycles. The number of benzene rings is 1. The van der Waals surface area contributed by atoms with Crippen LogP contribution in [0.2, 0.25) is 0 Å². The van der Waals surface area contributed by atoms with Crippen LogP contribution >= 0.6 is 12.6 Å². The SMILES string of the molecule is C#CCN(CC)C(=O)c1cccc(S)c1. The van der Waals surface area contributed by atoms with E-state index >= 15 is 0 Å². The monoisotopic (exact) mass is 219 g/mol. The highest BCUT2D eigenvalue weighted by molar-refractivity contribution is 7.80. The number of rotatable bonds is 3. The fourth-order valence-corrected chi connectivity index (χ4v) is 1.48. The lowest BCUT2D eigenvalue weighted by atomic mass is 10.2. The van der Waals surface area contributed by atoms with Crippen LogP contribution in [0.1, 0.15) is 17.3 Å². The Morgan fingerprint density at radius 3 is 2.87 bits per heavy atom. The molecule has 3 heteroatoms. The summed E-state index contributed by atoms with van der Waals surface area (Å²) in [4.78, 5) is 14.3. The van der Waals surface area contributed by atoms with Gasteiger partial charge in [0.15, 0.2) is 0 Å². The first-order valence-electron chi connectivity index (χ1n) is 4.70. The zero-order chi connectivity index (χ0) is 11.3. The molecule has 78 valence electrons. The molecule has 0 aromatic heterocycles. The highest BCUT2D eigenvalue weighted by Gasteiger charge is 2.12. The van der Waals surface area contributed by atoms with E-state index in [1.807, 2.05) is 13.0 Å². The summed E-state index contributed by atoms with van der Waals surface area (Å²) in [6.07, 6.45) is 5.19. The average molecular weight is 219 g/mol. The van der Waals surface area contributed by atoms with Crippen LogP contribution in [0.15, 0.2) is 29.2 Å². The topological polar surface area (TPSA) is 20.3 Å². The lowest BCUT2D eigenvalue weighted by molar-refractivity contribution is 0.0784. The molecule has 0 bridgehead atoms. The molecule has 0 heterocycles. The average Bonchev–Trinajstić information content (AvgIpc) is 2.25. The van der Waals surface area contributed by atoms with Gasteiger partial charge < -0.3 is 4.90 Å². The summed E-state index contributed by atoms with van der Waals surface area (Å²) in [5.74, 6) is 2.42. The molecule has 0 spiro atoms. The minimum absolute atomic E-state index is 0.0497. The van der Waals surface area contributed by atoms with Crippen LogP contribution in [0, 0.1) is 12.3 Å². The Kier molecular flexibility index (Phi) is 4.26. The van der Waals surface area contributed by atoms with E-state index in [2.05, 4.69) is 18.5 Å². The molecular weight excluding hydrogens is 206 g/mol. The van der Waals surface area contributed by atoms with Gasteiger partial charge in [-0.2, -0.15) is 0 Å². The van der Waals surface area contributed by atoms with E-state index in [9.17, 15) is 4.79 Å². The van der Waals surface area contributed by atoms with E-state index in [4.69, 9.17) is 6.42 Å². The Balaban J connectivity index is 2.88. The van der Waals surface area contributed by atoms with Gasteiger partial charge in [-0.3, -0.25) is 4.79 Å². The van der Waals surface area contributed by atoms with Gasteiger partial charge in [0.25, 0.3) is 5.91 Å². The maximum Gasteiger partial charge on any atom is 0.254 e. The van der Waals surface area contributed by atoms with Gasteiger partial charge in [-0.25, -0.2) is 0 Å². The van der Waals surface area contributed by atoms with Crippen molar-refractivity contribution < 1.29 is 4.79 Å². The Hall–Kier alpha value is -1.40. The Morgan fingerprint density at radius 2 is 2.33 bits per heavy atom. The molecule has 1 amide bonds. The van der Waals surface area contributed by atoms with Gasteiger partial charge in [0.2, 0.25) is 0 Å². The van der Waals surface area contributed by atoms with Gasteiger partial charge in [0.05, 0.1) is 6.54 Å². The maximum atomic E-state index is 11.9. The van der Waals surface area contributed by atoms with E-state index in [1.165, 1.54) is 0 Å². The second-order valence-electron chi connectivity index (χ2n) is 3.07. The first-order chi connectivity index (χ1) is 7.19. The summed E-state index contributed by atoms with van der Waals surface area (Å²) in [7, 11) is 0. The molecule has 0 aliphatic rings. The largest absolute Gasteiger partial charge is 0.328 e. The molecule has 0 unspecified atom stereocenters. The lowest BCUT2D eigenvalue weighted by Crippen LogP contribution is -2.31. The third-order valence-corrected chi connectivity index (χ3v) is 2.32. The van der Waals surface area contributed by atoms with Crippen LogP contribution in [0.4, 0.5) is 0 Å². The van der Waals surface area contributed by atoms with Gasteiger partial charge in [0, 0.05) is 17.0 Å². The zero-order valence-corrected chi connectivity index (χ0v) is 9.50. The molecule has 0 saturated heterocycles. The van der Waals surface area contributed by atoms with Crippen molar-refractivity contribution in [1.29, 1.82) is 0 Å². The number of terminal acetylenes is 1. The smallest absolute Gasteiger partial charge is 0.254 e. The molecule has 0 radical (unpaired) electrons. The number of hydrogen-bond acceptors (Lipinski definition) is 2. The molecule has 0 aliphatic heterocycles. The molecular formula is C12H13NOS. The fourth-order valence-electron chi connectivity index (χ4n) is 1.26. The van der Waals surface area contributed by atoms with Crippen molar-refractivity contribution >= 4 is 18.5 Å². The Bertz CT molecular complexity index is 395. The summed E-state index contributed by atoms with van der Waals surface area (Å²) in [5, 5.41) is 0. The molecule has 2 nitrogen and oxygen atoms in total. The van der Waals surface area contributed by atoms with Gasteiger partial charge in [-0.15, -0.1) is 19.1 Å². The van der Waals surface area contributed by atoms with Gasteiger partial charge in [0.1, 0.15) is 0 Å². The number of nitrogens with zero attached hydrogens (tertiary/aromatic N) is 1. The van der Waals surface area contributed by atoms with E-state index in [-0.39, 0.29) is 5.91 Å². The van der Waals surface area contributed by atoms with Crippen molar-refractivity contribution in [3.8, 4) is 12.3 Å². The normalized spacial score (nSPS) is 9.40. The molecule has 0 fully saturated rings. The lowest BCUT2D eigenvalue weighted by Gasteiger charge is -2.17. The molecule has 0 N–H and O–H groups in total. The Labute approximate surface area is 95.7 Å². The van der Waals surface area contributed by atoms with Crippen molar-refractivity contribution in [1.82, 2.24) is 4.90 Å². The van der Waals surface area contributed by atoms with Crippen LogP contribution < -0.4 is 0 Å². The number of amides is 1. The highest BCUT2D eigenvalue weighted by atomic mass is 32.1. The van der Waals surface area contributed by atoms with Crippen LogP contribution in [0.5, 0.6) is 0 Å². The molecule has 1 rings (SSSR count).